The summed E-state index contributed by atoms with van der Waals surface area (Å²) >= 11 is 0. The molecule has 7 nitrogen and oxygen atoms in total. The molecule has 26 heavy (non-hydrogen) atoms. The molecule has 7 heteroatoms. The summed E-state index contributed by atoms with van der Waals surface area (Å²) in [6, 6.07) is 9.57. The molecule has 0 aliphatic carbocycles. The van der Waals surface area contributed by atoms with Gasteiger partial charge in [0.1, 0.15) is 0 Å². The summed E-state index contributed by atoms with van der Waals surface area (Å²) in [6.45, 7) is 6.61. The second kappa shape index (κ2) is 6.76. The molecular formula is C19H20N4O3. The molecule has 0 unspecified atom stereocenters. The number of hydrogen-bond donors (Lipinski definition) is 1. The van der Waals surface area contributed by atoms with Crippen molar-refractivity contribution in [2.75, 3.05) is 36.5 Å². The quantitative estimate of drug-likeness (QED) is 0.781. The van der Waals surface area contributed by atoms with Gasteiger partial charge in [0.15, 0.2) is 0 Å². The van der Waals surface area contributed by atoms with Gasteiger partial charge in [0.2, 0.25) is 0 Å². The van der Waals surface area contributed by atoms with Crippen LogP contribution in [0.5, 0.6) is 0 Å². The molecule has 0 radical (unpaired) electrons. The minimum absolute atomic E-state index is 0.201. The van der Waals surface area contributed by atoms with E-state index in [2.05, 4.69) is 20.4 Å². The lowest BCUT2D eigenvalue weighted by Crippen LogP contribution is -2.36. The van der Waals surface area contributed by atoms with Crippen molar-refractivity contribution >= 4 is 28.4 Å². The molecule has 0 spiro atoms. The number of rotatable bonds is 3. The third-order valence-electron chi connectivity index (χ3n) is 4.49. The van der Waals surface area contributed by atoms with Crippen LogP contribution in [0, 0.1) is 13.8 Å². The Hall–Kier alpha value is -2.93. The number of nitrogens with zero attached hydrogens (tertiary/aromatic N) is 3. The Morgan fingerprint density at radius 3 is 2.77 bits per heavy atom. The molecule has 1 aliphatic rings. The Morgan fingerprint density at radius 2 is 1.96 bits per heavy atom. The first-order chi connectivity index (χ1) is 12.6. The van der Waals surface area contributed by atoms with E-state index in [1.54, 1.807) is 13.0 Å². The number of carbonyl (C=O) groups is 1. The van der Waals surface area contributed by atoms with Crippen molar-refractivity contribution in [2.45, 2.75) is 13.8 Å². The zero-order chi connectivity index (χ0) is 18.1. The van der Waals surface area contributed by atoms with Crippen molar-refractivity contribution in [3.63, 3.8) is 0 Å². The van der Waals surface area contributed by atoms with E-state index in [1.165, 1.54) is 0 Å². The van der Waals surface area contributed by atoms with E-state index in [1.807, 2.05) is 31.2 Å². The van der Waals surface area contributed by atoms with Crippen LogP contribution in [0.25, 0.3) is 11.1 Å². The minimum Gasteiger partial charge on any atom is -0.378 e. The van der Waals surface area contributed by atoms with Gasteiger partial charge in [-0.15, -0.1) is 0 Å². The lowest BCUT2D eigenvalue weighted by Gasteiger charge is -2.30. The number of carbonyl (C=O) groups excluding carboxylic acids is 1. The Morgan fingerprint density at radius 1 is 1.19 bits per heavy atom. The van der Waals surface area contributed by atoms with Crippen LogP contribution in [0.2, 0.25) is 0 Å². The third kappa shape index (κ3) is 3.01. The number of ether oxygens (including phenoxy) is 1. The molecule has 4 rings (SSSR count). The zero-order valence-electron chi connectivity index (χ0n) is 14.8. The monoisotopic (exact) mass is 352 g/mol. The summed E-state index contributed by atoms with van der Waals surface area (Å²) in [5.74, 6) is -0.201. The minimum atomic E-state index is -0.201. The Labute approximate surface area is 150 Å². The van der Waals surface area contributed by atoms with Crippen LogP contribution in [0.4, 0.5) is 11.4 Å². The molecule has 3 aromatic rings. The first kappa shape index (κ1) is 16.5. The molecule has 1 saturated heterocycles. The Kier molecular flexibility index (Phi) is 4.30. The van der Waals surface area contributed by atoms with Crippen LogP contribution < -0.4 is 10.2 Å². The van der Waals surface area contributed by atoms with E-state index < -0.39 is 0 Å². The second-order valence-corrected chi connectivity index (χ2v) is 6.33. The van der Waals surface area contributed by atoms with E-state index in [-0.39, 0.29) is 5.91 Å². The van der Waals surface area contributed by atoms with Crippen LogP contribution in [0.1, 0.15) is 21.7 Å². The SMILES string of the molecule is Cc1cc(C(=O)Nc2ccccc2N2CCOCC2)c2c(C)noc2n1. The topological polar surface area (TPSA) is 80.5 Å². The molecule has 1 aliphatic heterocycles. The molecule has 0 atom stereocenters. The fourth-order valence-corrected chi connectivity index (χ4v) is 3.25. The predicted octanol–water partition coefficient (Wildman–Crippen LogP) is 2.93. The molecule has 2 aromatic heterocycles. The zero-order valence-corrected chi connectivity index (χ0v) is 14.8. The van der Waals surface area contributed by atoms with E-state index >= 15 is 0 Å². The number of benzene rings is 1. The number of aryl methyl sites for hydroxylation is 2. The summed E-state index contributed by atoms with van der Waals surface area (Å²) < 4.78 is 10.7. The third-order valence-corrected chi connectivity index (χ3v) is 4.49. The molecule has 1 amide bonds. The van der Waals surface area contributed by atoms with Gasteiger partial charge in [-0.2, -0.15) is 0 Å². The van der Waals surface area contributed by atoms with Crippen molar-refractivity contribution < 1.29 is 14.1 Å². The van der Waals surface area contributed by atoms with Gasteiger partial charge in [-0.25, -0.2) is 4.98 Å². The molecule has 1 aromatic carbocycles. The number of fused-ring (bicyclic) bond motifs is 1. The van der Waals surface area contributed by atoms with Gasteiger partial charge in [0, 0.05) is 18.8 Å². The van der Waals surface area contributed by atoms with Gasteiger partial charge in [-0.05, 0) is 32.0 Å². The maximum Gasteiger partial charge on any atom is 0.258 e. The number of para-hydroxylation sites is 2. The fraction of sp³-hybridized carbons (Fsp3) is 0.316. The Balaban J connectivity index is 1.68. The average molecular weight is 352 g/mol. The highest BCUT2D eigenvalue weighted by atomic mass is 16.5. The standard InChI is InChI=1S/C19H20N4O3/c1-12-11-14(17-13(2)22-26-19(17)20-12)18(24)21-15-5-3-4-6-16(15)23-7-9-25-10-8-23/h3-6,11H,7-10H2,1-2H3,(H,21,24). The fourth-order valence-electron chi connectivity index (χ4n) is 3.25. The van der Waals surface area contributed by atoms with E-state index in [9.17, 15) is 4.79 Å². The summed E-state index contributed by atoms with van der Waals surface area (Å²) in [4.78, 5) is 19.5. The van der Waals surface area contributed by atoms with E-state index in [0.29, 0.717) is 41.3 Å². The van der Waals surface area contributed by atoms with Gasteiger partial charge in [0.05, 0.1) is 41.2 Å². The lowest BCUT2D eigenvalue weighted by molar-refractivity contribution is 0.102. The van der Waals surface area contributed by atoms with Crippen LogP contribution in [0.3, 0.4) is 0 Å². The van der Waals surface area contributed by atoms with Crippen molar-refractivity contribution in [2.24, 2.45) is 0 Å². The van der Waals surface area contributed by atoms with Gasteiger partial charge in [-0.1, -0.05) is 17.3 Å². The molecule has 1 N–H and O–H groups in total. The smallest absolute Gasteiger partial charge is 0.258 e. The number of nitrogens with one attached hydrogen (secondary N) is 1. The van der Waals surface area contributed by atoms with E-state index in [0.717, 1.165) is 24.5 Å². The van der Waals surface area contributed by atoms with Gasteiger partial charge < -0.3 is 19.5 Å². The molecule has 3 heterocycles. The van der Waals surface area contributed by atoms with Crippen LogP contribution in [-0.4, -0.2) is 42.4 Å². The maximum atomic E-state index is 13.0. The number of morpholine rings is 1. The summed E-state index contributed by atoms with van der Waals surface area (Å²) in [5.41, 5.74) is 4.03. The second-order valence-electron chi connectivity index (χ2n) is 6.33. The van der Waals surface area contributed by atoms with Crippen LogP contribution in [-0.2, 0) is 4.74 Å². The molecule has 1 fully saturated rings. The Bertz CT molecular complexity index is 961. The highest BCUT2D eigenvalue weighted by Gasteiger charge is 2.20. The highest BCUT2D eigenvalue weighted by molar-refractivity contribution is 6.13. The maximum absolute atomic E-state index is 13.0. The first-order valence-corrected chi connectivity index (χ1v) is 8.60. The first-order valence-electron chi connectivity index (χ1n) is 8.60. The van der Waals surface area contributed by atoms with Crippen molar-refractivity contribution in [3.05, 3.63) is 47.3 Å². The normalized spacial score (nSPS) is 14.6. The van der Waals surface area contributed by atoms with Crippen LogP contribution in [0.15, 0.2) is 34.9 Å². The number of amides is 1. The average Bonchev–Trinajstić information content (AvgIpc) is 3.03. The van der Waals surface area contributed by atoms with Crippen LogP contribution >= 0.6 is 0 Å². The number of anilines is 2. The summed E-state index contributed by atoms with van der Waals surface area (Å²) in [6.07, 6.45) is 0. The predicted molar refractivity (Wildman–Crippen MR) is 98.7 cm³/mol. The molecular weight excluding hydrogens is 332 g/mol. The van der Waals surface area contributed by atoms with Crippen molar-refractivity contribution in [3.8, 4) is 0 Å². The largest absolute Gasteiger partial charge is 0.378 e. The van der Waals surface area contributed by atoms with Crippen molar-refractivity contribution in [1.82, 2.24) is 10.1 Å². The summed E-state index contributed by atoms with van der Waals surface area (Å²) in [7, 11) is 0. The van der Waals surface area contributed by atoms with E-state index in [4.69, 9.17) is 9.26 Å². The van der Waals surface area contributed by atoms with Gasteiger partial charge >= 0.3 is 0 Å². The molecule has 134 valence electrons. The number of aromatic nitrogens is 2. The number of pyridine rings is 1. The van der Waals surface area contributed by atoms with Gasteiger partial charge in [0.25, 0.3) is 11.6 Å². The summed E-state index contributed by atoms with van der Waals surface area (Å²) in [5, 5.41) is 7.63. The molecule has 0 saturated carbocycles. The number of hydrogen-bond acceptors (Lipinski definition) is 6. The lowest BCUT2D eigenvalue weighted by atomic mass is 10.1. The van der Waals surface area contributed by atoms with Crippen molar-refractivity contribution in [1.29, 1.82) is 0 Å². The van der Waals surface area contributed by atoms with Gasteiger partial charge in [-0.3, -0.25) is 4.79 Å². The molecule has 0 bridgehead atoms. The highest BCUT2D eigenvalue weighted by Crippen LogP contribution is 2.28.